The van der Waals surface area contributed by atoms with Gasteiger partial charge in [-0.3, -0.25) is 4.79 Å². The Balaban J connectivity index is 1.76. The van der Waals surface area contributed by atoms with Crippen LogP contribution in [0, 0.1) is 11.3 Å². The lowest BCUT2D eigenvalue weighted by Crippen LogP contribution is -2.10. The molecule has 1 N–H and O–H groups in total. The minimum absolute atomic E-state index is 0.177. The Bertz CT molecular complexity index is 1160. The zero-order valence-electron chi connectivity index (χ0n) is 14.3. The molecule has 0 radical (unpaired) electrons. The predicted octanol–water partition coefficient (Wildman–Crippen LogP) is 3.92. The first-order valence-electron chi connectivity index (χ1n) is 8.41. The summed E-state index contributed by atoms with van der Waals surface area (Å²) in [5, 5.41) is 15.9. The normalized spacial score (nSPS) is 10.5. The highest BCUT2D eigenvalue weighted by Gasteiger charge is 2.12. The number of benzene rings is 2. The van der Waals surface area contributed by atoms with Gasteiger partial charge in [0.15, 0.2) is 5.65 Å². The van der Waals surface area contributed by atoms with E-state index in [1.54, 1.807) is 23.0 Å². The highest BCUT2D eigenvalue weighted by atomic mass is 16.1. The van der Waals surface area contributed by atoms with Crippen molar-refractivity contribution in [3.8, 4) is 28.5 Å². The molecule has 0 fully saturated rings. The summed E-state index contributed by atoms with van der Waals surface area (Å²) in [5.41, 5.74) is 5.15. The molecule has 27 heavy (non-hydrogen) atoms. The fourth-order valence-electron chi connectivity index (χ4n) is 2.96. The van der Waals surface area contributed by atoms with Crippen LogP contribution in [0.5, 0.6) is 0 Å². The molecule has 0 saturated carbocycles. The molecule has 0 saturated heterocycles. The van der Waals surface area contributed by atoms with Gasteiger partial charge in [0, 0.05) is 23.0 Å². The number of hydrogen-bond acceptors (Lipinski definition) is 4. The largest absolute Gasteiger partial charge is 0.325 e. The van der Waals surface area contributed by atoms with E-state index in [9.17, 15) is 4.79 Å². The van der Waals surface area contributed by atoms with Gasteiger partial charge < -0.3 is 5.32 Å². The quantitative estimate of drug-likeness (QED) is 0.603. The van der Waals surface area contributed by atoms with Crippen LogP contribution >= 0.6 is 0 Å². The molecule has 4 rings (SSSR count). The van der Waals surface area contributed by atoms with Gasteiger partial charge in [-0.15, -0.1) is 0 Å². The number of anilines is 1. The van der Waals surface area contributed by atoms with Gasteiger partial charge in [-0.1, -0.05) is 42.5 Å². The van der Waals surface area contributed by atoms with Gasteiger partial charge in [0.1, 0.15) is 6.42 Å². The maximum absolute atomic E-state index is 11.7. The zero-order chi connectivity index (χ0) is 18.6. The summed E-state index contributed by atoms with van der Waals surface area (Å²) < 4.78 is 1.79. The fourth-order valence-corrected chi connectivity index (χ4v) is 2.96. The molecule has 130 valence electrons. The topological polar surface area (TPSA) is 83.1 Å². The average molecular weight is 353 g/mol. The number of amides is 1. The van der Waals surface area contributed by atoms with Gasteiger partial charge in [0.2, 0.25) is 5.91 Å². The van der Waals surface area contributed by atoms with Gasteiger partial charge in [-0.05, 0) is 23.8 Å². The van der Waals surface area contributed by atoms with Crippen molar-refractivity contribution in [3.05, 3.63) is 73.1 Å². The molecule has 0 spiro atoms. The molecule has 2 aromatic carbocycles. The van der Waals surface area contributed by atoms with Gasteiger partial charge >= 0.3 is 0 Å². The number of carbonyl (C=O) groups excluding carboxylic acids is 1. The number of fused-ring (bicyclic) bond motifs is 1. The third kappa shape index (κ3) is 3.26. The Morgan fingerprint density at radius 3 is 2.70 bits per heavy atom. The van der Waals surface area contributed by atoms with Crippen LogP contribution in [0.3, 0.4) is 0 Å². The molecule has 0 aliphatic rings. The molecule has 0 aliphatic heterocycles. The van der Waals surface area contributed by atoms with Crippen LogP contribution in [-0.2, 0) is 4.79 Å². The van der Waals surface area contributed by atoms with E-state index < -0.39 is 0 Å². The molecule has 2 heterocycles. The van der Waals surface area contributed by atoms with Gasteiger partial charge in [-0.2, -0.15) is 10.4 Å². The van der Waals surface area contributed by atoms with Crippen LogP contribution in [-0.4, -0.2) is 20.5 Å². The number of carbonyl (C=O) groups is 1. The number of nitrogens with zero attached hydrogens (tertiary/aromatic N) is 4. The van der Waals surface area contributed by atoms with Crippen LogP contribution in [0.1, 0.15) is 6.42 Å². The van der Waals surface area contributed by atoms with E-state index in [1.807, 2.05) is 60.7 Å². The first-order valence-corrected chi connectivity index (χ1v) is 8.41. The Kier molecular flexibility index (Phi) is 4.33. The van der Waals surface area contributed by atoms with Crippen molar-refractivity contribution >= 4 is 17.2 Å². The maximum atomic E-state index is 11.7. The third-order valence-electron chi connectivity index (χ3n) is 4.17. The molecular formula is C21H15N5O. The first kappa shape index (κ1) is 16.5. The second-order valence-corrected chi connectivity index (χ2v) is 5.95. The van der Waals surface area contributed by atoms with Crippen molar-refractivity contribution in [3.63, 3.8) is 0 Å². The molecule has 1 amide bonds. The van der Waals surface area contributed by atoms with Crippen LogP contribution in [0.2, 0.25) is 0 Å². The predicted molar refractivity (Wildman–Crippen MR) is 103 cm³/mol. The summed E-state index contributed by atoms with van der Waals surface area (Å²) in [4.78, 5) is 16.2. The highest BCUT2D eigenvalue weighted by Crippen LogP contribution is 2.28. The maximum Gasteiger partial charge on any atom is 0.238 e. The fraction of sp³-hybridized carbons (Fsp3) is 0.0476. The Morgan fingerprint density at radius 1 is 1.07 bits per heavy atom. The summed E-state index contributed by atoms with van der Waals surface area (Å²) in [7, 11) is 0. The van der Waals surface area contributed by atoms with E-state index >= 15 is 0 Å². The number of rotatable bonds is 4. The third-order valence-corrected chi connectivity index (χ3v) is 4.17. The second kappa shape index (κ2) is 7.10. The van der Waals surface area contributed by atoms with Crippen molar-refractivity contribution < 1.29 is 4.79 Å². The van der Waals surface area contributed by atoms with E-state index in [0.717, 1.165) is 28.0 Å². The summed E-state index contributed by atoms with van der Waals surface area (Å²) in [6.07, 6.45) is 3.38. The van der Waals surface area contributed by atoms with Crippen LogP contribution < -0.4 is 5.32 Å². The molecule has 4 aromatic rings. The van der Waals surface area contributed by atoms with Crippen LogP contribution in [0.25, 0.3) is 28.0 Å². The SMILES string of the molecule is N#CCC(=O)Nc1cccc(-c2ccnc3c(-c4ccccc4)cnn23)c1. The van der Waals surface area contributed by atoms with Gasteiger partial charge in [-0.25, -0.2) is 9.50 Å². The van der Waals surface area contributed by atoms with Crippen LogP contribution in [0.15, 0.2) is 73.1 Å². The Hall–Kier alpha value is -3.98. The van der Waals surface area contributed by atoms with E-state index in [2.05, 4.69) is 15.4 Å². The molecule has 0 bridgehead atoms. The summed E-state index contributed by atoms with van der Waals surface area (Å²) in [5.74, 6) is -0.333. The van der Waals surface area contributed by atoms with Gasteiger partial charge in [0.05, 0.1) is 18.0 Å². The van der Waals surface area contributed by atoms with Crippen molar-refractivity contribution in [2.45, 2.75) is 6.42 Å². The molecule has 6 heteroatoms. The Labute approximate surface area is 155 Å². The number of hydrogen-bond donors (Lipinski definition) is 1. The van der Waals surface area contributed by atoms with Crippen LogP contribution in [0.4, 0.5) is 5.69 Å². The number of nitrogens with one attached hydrogen (secondary N) is 1. The highest BCUT2D eigenvalue weighted by molar-refractivity contribution is 5.92. The smallest absolute Gasteiger partial charge is 0.238 e. The first-order chi connectivity index (χ1) is 13.3. The molecule has 0 aliphatic carbocycles. The van der Waals surface area contributed by atoms with E-state index in [-0.39, 0.29) is 12.3 Å². The molecule has 6 nitrogen and oxygen atoms in total. The lowest BCUT2D eigenvalue weighted by Gasteiger charge is -2.08. The molecular weight excluding hydrogens is 338 g/mol. The van der Waals surface area contributed by atoms with Crippen molar-refractivity contribution in [1.29, 1.82) is 5.26 Å². The zero-order valence-corrected chi connectivity index (χ0v) is 14.3. The summed E-state index contributed by atoms with van der Waals surface area (Å²) in [6, 6.07) is 21.1. The molecule has 2 aromatic heterocycles. The summed E-state index contributed by atoms with van der Waals surface area (Å²) >= 11 is 0. The second-order valence-electron chi connectivity index (χ2n) is 5.95. The minimum atomic E-state index is -0.333. The standard InChI is InChI=1S/C21H15N5O/c22-11-9-20(27)25-17-8-4-7-16(13-17)19-10-12-23-21-18(14-24-26(19)21)15-5-2-1-3-6-15/h1-8,10,12-14H,9H2,(H,25,27). The summed E-state index contributed by atoms with van der Waals surface area (Å²) in [6.45, 7) is 0. The van der Waals surface area contributed by atoms with Crippen molar-refractivity contribution in [1.82, 2.24) is 14.6 Å². The Morgan fingerprint density at radius 2 is 1.89 bits per heavy atom. The lowest BCUT2D eigenvalue weighted by atomic mass is 10.1. The van der Waals surface area contributed by atoms with E-state index in [1.165, 1.54) is 0 Å². The minimum Gasteiger partial charge on any atom is -0.325 e. The molecule has 0 atom stereocenters. The lowest BCUT2D eigenvalue weighted by molar-refractivity contribution is -0.115. The number of nitriles is 1. The van der Waals surface area contributed by atoms with Crippen molar-refractivity contribution in [2.75, 3.05) is 5.32 Å². The van der Waals surface area contributed by atoms with E-state index in [0.29, 0.717) is 5.69 Å². The number of aromatic nitrogens is 3. The monoisotopic (exact) mass is 353 g/mol. The molecule has 0 unspecified atom stereocenters. The van der Waals surface area contributed by atoms with E-state index in [4.69, 9.17) is 5.26 Å². The average Bonchev–Trinajstić information content (AvgIpc) is 3.13. The van der Waals surface area contributed by atoms with Crippen molar-refractivity contribution in [2.24, 2.45) is 0 Å². The van der Waals surface area contributed by atoms with Gasteiger partial charge in [0.25, 0.3) is 0 Å².